The number of nitrogens with one attached hydrogen (secondary N) is 3. The molecule has 0 saturated carbocycles. The maximum absolute atomic E-state index is 5.71. The Kier molecular flexibility index (Phi) is 6.55. The van der Waals surface area contributed by atoms with Crippen LogP contribution < -0.4 is 20.1 Å². The van der Waals surface area contributed by atoms with Gasteiger partial charge in [-0.25, -0.2) is 0 Å². The van der Waals surface area contributed by atoms with Gasteiger partial charge in [-0.3, -0.25) is 0 Å². The minimum absolute atomic E-state index is 0.00433. The van der Waals surface area contributed by atoms with Crippen LogP contribution in [0.3, 0.4) is 0 Å². The van der Waals surface area contributed by atoms with Gasteiger partial charge < -0.3 is 25.1 Å². The van der Waals surface area contributed by atoms with E-state index in [0.717, 1.165) is 16.8 Å². The number of thiocarbonyl (C=S) groups is 1. The normalized spacial score (nSPS) is 11.6. The highest BCUT2D eigenvalue weighted by molar-refractivity contribution is 7.80. The van der Waals surface area contributed by atoms with E-state index in [2.05, 4.69) is 46.6 Å². The fourth-order valence-corrected chi connectivity index (χ4v) is 3.54. The van der Waals surface area contributed by atoms with Crippen molar-refractivity contribution in [2.24, 2.45) is 0 Å². The van der Waals surface area contributed by atoms with Crippen LogP contribution >= 0.6 is 12.2 Å². The molecule has 0 bridgehead atoms. The number of hydrogen-bond donors (Lipinski definition) is 3. The second-order valence-corrected chi connectivity index (χ2v) is 6.71. The second kappa shape index (κ2) is 9.28. The van der Waals surface area contributed by atoms with Gasteiger partial charge in [0.25, 0.3) is 0 Å². The lowest BCUT2D eigenvalue weighted by molar-refractivity contribution is 0.350. The summed E-state index contributed by atoms with van der Waals surface area (Å²) in [5.41, 5.74) is 3.29. The van der Waals surface area contributed by atoms with Crippen molar-refractivity contribution in [2.75, 3.05) is 27.3 Å². The molecule has 0 aliphatic rings. The SMILES string of the molecule is C=CCNC(=S)NC[C@H](c1cccc(OC)c1OC)c1c[nH]c2ccccc12. The van der Waals surface area contributed by atoms with Crippen molar-refractivity contribution in [3.05, 3.63) is 72.4 Å². The van der Waals surface area contributed by atoms with E-state index in [0.29, 0.717) is 24.0 Å². The summed E-state index contributed by atoms with van der Waals surface area (Å²) in [5.74, 6) is 1.44. The van der Waals surface area contributed by atoms with Crippen LogP contribution in [0.4, 0.5) is 0 Å². The third kappa shape index (κ3) is 4.12. The molecule has 0 unspecified atom stereocenters. The van der Waals surface area contributed by atoms with Crippen LogP contribution in [0.2, 0.25) is 0 Å². The zero-order valence-electron chi connectivity index (χ0n) is 16.1. The molecule has 2 aromatic carbocycles. The molecular weight excluding hydrogens is 370 g/mol. The summed E-state index contributed by atoms with van der Waals surface area (Å²) in [4.78, 5) is 3.36. The fraction of sp³-hybridized carbons (Fsp3) is 0.227. The predicted octanol–water partition coefficient (Wildman–Crippen LogP) is 3.97. The Morgan fingerprint density at radius 3 is 2.68 bits per heavy atom. The molecule has 0 radical (unpaired) electrons. The quantitative estimate of drug-likeness (QED) is 0.398. The van der Waals surface area contributed by atoms with Gasteiger partial charge in [0.2, 0.25) is 0 Å². The minimum Gasteiger partial charge on any atom is -0.493 e. The number of ether oxygens (including phenoxy) is 2. The standard InChI is InChI=1S/C22H25N3O2S/c1-4-12-23-22(28)25-14-18(16-9-7-11-20(26-2)21(16)27-3)17-13-24-19-10-6-5-8-15(17)19/h4-11,13,18,24H,1,12,14H2,2-3H3,(H2,23,25,28)/t18-/m1/s1. The van der Waals surface area contributed by atoms with Gasteiger partial charge in [0.05, 0.1) is 14.2 Å². The Morgan fingerprint density at radius 2 is 1.93 bits per heavy atom. The molecule has 3 aromatic rings. The molecule has 5 nitrogen and oxygen atoms in total. The molecular formula is C22H25N3O2S. The molecule has 28 heavy (non-hydrogen) atoms. The van der Waals surface area contributed by atoms with Crippen LogP contribution in [0.1, 0.15) is 17.0 Å². The van der Waals surface area contributed by atoms with Gasteiger partial charge in [0, 0.05) is 41.7 Å². The highest BCUT2D eigenvalue weighted by atomic mass is 32.1. The van der Waals surface area contributed by atoms with E-state index in [4.69, 9.17) is 21.7 Å². The van der Waals surface area contributed by atoms with Crippen LogP contribution in [0.25, 0.3) is 10.9 Å². The molecule has 3 rings (SSSR count). The molecule has 3 N–H and O–H groups in total. The third-order valence-corrected chi connectivity index (χ3v) is 4.97. The zero-order valence-corrected chi connectivity index (χ0v) is 16.9. The fourth-order valence-electron chi connectivity index (χ4n) is 3.38. The maximum atomic E-state index is 5.71. The van der Waals surface area contributed by atoms with Crippen molar-refractivity contribution in [3.63, 3.8) is 0 Å². The van der Waals surface area contributed by atoms with Gasteiger partial charge in [-0.15, -0.1) is 6.58 Å². The first-order chi connectivity index (χ1) is 13.7. The second-order valence-electron chi connectivity index (χ2n) is 6.30. The molecule has 6 heteroatoms. The first-order valence-corrected chi connectivity index (χ1v) is 9.50. The lowest BCUT2D eigenvalue weighted by atomic mass is 9.90. The average Bonchev–Trinajstić information content (AvgIpc) is 3.16. The van der Waals surface area contributed by atoms with Crippen molar-refractivity contribution in [3.8, 4) is 11.5 Å². The minimum atomic E-state index is 0.00433. The number of hydrogen-bond acceptors (Lipinski definition) is 3. The van der Waals surface area contributed by atoms with Gasteiger partial charge in [-0.2, -0.15) is 0 Å². The van der Waals surface area contributed by atoms with Crippen LogP contribution in [-0.2, 0) is 0 Å². The molecule has 146 valence electrons. The first kappa shape index (κ1) is 19.8. The lowest BCUT2D eigenvalue weighted by Gasteiger charge is -2.22. The van der Waals surface area contributed by atoms with Gasteiger partial charge in [0.1, 0.15) is 0 Å². The molecule has 0 spiro atoms. The Labute approximate surface area is 170 Å². The Balaban J connectivity index is 2.02. The molecule has 0 aliphatic carbocycles. The number of H-pyrrole nitrogens is 1. The molecule has 1 aromatic heterocycles. The van der Waals surface area contributed by atoms with Crippen LogP contribution in [0.15, 0.2) is 61.3 Å². The number of rotatable bonds is 8. The topological polar surface area (TPSA) is 58.3 Å². The molecule has 0 aliphatic heterocycles. The van der Waals surface area contributed by atoms with E-state index in [1.807, 2.05) is 24.3 Å². The predicted molar refractivity (Wildman–Crippen MR) is 118 cm³/mol. The zero-order chi connectivity index (χ0) is 19.9. The van der Waals surface area contributed by atoms with E-state index >= 15 is 0 Å². The Bertz CT molecular complexity index is 967. The average molecular weight is 396 g/mol. The Hall–Kier alpha value is -2.99. The molecule has 0 amide bonds. The highest BCUT2D eigenvalue weighted by Crippen LogP contribution is 2.40. The van der Waals surface area contributed by atoms with Gasteiger partial charge in [-0.05, 0) is 29.9 Å². The van der Waals surface area contributed by atoms with E-state index in [1.54, 1.807) is 20.3 Å². The third-order valence-electron chi connectivity index (χ3n) is 4.68. The summed E-state index contributed by atoms with van der Waals surface area (Å²) in [6.07, 6.45) is 3.83. The maximum Gasteiger partial charge on any atom is 0.166 e. The van der Waals surface area contributed by atoms with Crippen molar-refractivity contribution in [1.29, 1.82) is 0 Å². The van der Waals surface area contributed by atoms with E-state index in [1.165, 1.54) is 10.9 Å². The molecule has 1 atom stereocenters. The Morgan fingerprint density at radius 1 is 1.11 bits per heavy atom. The summed E-state index contributed by atoms with van der Waals surface area (Å²) in [6, 6.07) is 14.2. The number of aromatic amines is 1. The molecule has 0 fully saturated rings. The summed E-state index contributed by atoms with van der Waals surface area (Å²) in [6.45, 7) is 4.93. The van der Waals surface area contributed by atoms with Crippen molar-refractivity contribution in [2.45, 2.75) is 5.92 Å². The molecule has 0 saturated heterocycles. The number of aromatic nitrogens is 1. The highest BCUT2D eigenvalue weighted by Gasteiger charge is 2.23. The lowest BCUT2D eigenvalue weighted by Crippen LogP contribution is -2.37. The molecule has 1 heterocycles. The number of para-hydroxylation sites is 2. The van der Waals surface area contributed by atoms with E-state index in [9.17, 15) is 0 Å². The van der Waals surface area contributed by atoms with E-state index in [-0.39, 0.29) is 5.92 Å². The summed E-state index contributed by atoms with van der Waals surface area (Å²) < 4.78 is 11.2. The summed E-state index contributed by atoms with van der Waals surface area (Å²) in [7, 11) is 3.31. The first-order valence-electron chi connectivity index (χ1n) is 9.09. The van der Waals surface area contributed by atoms with E-state index < -0.39 is 0 Å². The monoisotopic (exact) mass is 395 g/mol. The number of fused-ring (bicyclic) bond motifs is 1. The van der Waals surface area contributed by atoms with Gasteiger partial charge in [0.15, 0.2) is 16.6 Å². The van der Waals surface area contributed by atoms with Crippen molar-refractivity contribution < 1.29 is 9.47 Å². The van der Waals surface area contributed by atoms with Gasteiger partial charge in [-0.1, -0.05) is 36.4 Å². The largest absolute Gasteiger partial charge is 0.493 e. The van der Waals surface area contributed by atoms with Crippen molar-refractivity contribution >= 4 is 28.2 Å². The van der Waals surface area contributed by atoms with Crippen LogP contribution in [0, 0.1) is 0 Å². The van der Waals surface area contributed by atoms with Crippen LogP contribution in [-0.4, -0.2) is 37.4 Å². The van der Waals surface area contributed by atoms with Crippen LogP contribution in [0.5, 0.6) is 11.5 Å². The van der Waals surface area contributed by atoms with Gasteiger partial charge >= 0.3 is 0 Å². The summed E-state index contributed by atoms with van der Waals surface area (Å²) >= 11 is 5.39. The smallest absolute Gasteiger partial charge is 0.166 e. The van der Waals surface area contributed by atoms with Crippen molar-refractivity contribution in [1.82, 2.24) is 15.6 Å². The number of methoxy groups -OCH3 is 2. The number of benzene rings is 2. The summed E-state index contributed by atoms with van der Waals surface area (Å²) in [5, 5.41) is 8.19.